The van der Waals surface area contributed by atoms with Gasteiger partial charge in [-0.3, -0.25) is 4.79 Å². The number of ketones is 1. The van der Waals surface area contributed by atoms with Crippen molar-refractivity contribution in [3.63, 3.8) is 0 Å². The second-order valence-corrected chi connectivity index (χ2v) is 12.7. The number of hydrogen-bond donors (Lipinski definition) is 1. The van der Waals surface area contributed by atoms with E-state index in [-0.39, 0.29) is 11.2 Å². The Bertz CT molecular complexity index is 847. The van der Waals surface area contributed by atoms with Crippen molar-refractivity contribution >= 4 is 5.78 Å². The van der Waals surface area contributed by atoms with E-state index in [1.807, 2.05) is 0 Å². The van der Waals surface area contributed by atoms with Crippen LogP contribution in [0.3, 0.4) is 0 Å². The van der Waals surface area contributed by atoms with Gasteiger partial charge in [-0.15, -0.1) is 0 Å². The summed E-state index contributed by atoms with van der Waals surface area (Å²) in [6, 6.07) is 0. The van der Waals surface area contributed by atoms with Crippen molar-refractivity contribution in [3.8, 4) is 0 Å². The number of hydrogen-bond acceptors (Lipinski definition) is 2. The first kappa shape index (κ1) is 24.0. The van der Waals surface area contributed by atoms with Crippen LogP contribution < -0.4 is 0 Å². The Balaban J connectivity index is 1.58. The van der Waals surface area contributed by atoms with E-state index in [4.69, 9.17) is 0 Å². The number of fused-ring (bicyclic) bond motifs is 5. The molecule has 178 valence electrons. The number of aliphatic hydroxyl groups is 1. The number of rotatable bonds is 5. The lowest BCUT2D eigenvalue weighted by molar-refractivity contribution is -0.138. The summed E-state index contributed by atoms with van der Waals surface area (Å²) in [6.45, 7) is 16.0. The first-order chi connectivity index (χ1) is 14.9. The lowest BCUT2D eigenvalue weighted by atomic mass is 9.49. The highest BCUT2D eigenvalue weighted by Crippen LogP contribution is 2.66. The molecule has 0 unspecified atom stereocenters. The molecule has 2 heteroatoms. The van der Waals surface area contributed by atoms with Crippen molar-refractivity contribution in [3.05, 3.63) is 35.5 Å². The second-order valence-electron chi connectivity index (χ2n) is 12.7. The van der Waals surface area contributed by atoms with Crippen LogP contribution in [0.1, 0.15) is 93.4 Å². The number of carbonyl (C=O) groups is 1. The predicted octanol–water partition coefficient (Wildman–Crippen LogP) is 7.29. The standard InChI is InChI=1S/C30H46O2/c1-19(2)20(3)8-9-21(4)25-12-13-26-24-11-10-23-18-30(32,22(5)31)17-16-28(23,6)27(24)14-15-29(25,26)7/h8-11,19-21,25-27,32H,12-18H2,1-7H3/b9-8+/t20-,21+,25+,26-,27-,28-,29+,30-/m0/s1. The van der Waals surface area contributed by atoms with Crippen LogP contribution in [0.15, 0.2) is 35.5 Å². The maximum absolute atomic E-state index is 12.1. The SMILES string of the molecule is CC(=O)[C@]1(O)CC[C@@]2(C)C(=CC=C3[C@@H]4CC[C@H]([C@H](C)/C=C/[C@H](C)C(C)C)[C@@]4(C)CC[C@@H]32)C1. The van der Waals surface area contributed by atoms with Gasteiger partial charge < -0.3 is 5.11 Å². The van der Waals surface area contributed by atoms with E-state index in [0.29, 0.717) is 47.8 Å². The molecule has 0 aromatic heterocycles. The average molecular weight is 439 g/mol. The van der Waals surface area contributed by atoms with Crippen LogP contribution in [0, 0.1) is 46.3 Å². The molecule has 3 saturated carbocycles. The van der Waals surface area contributed by atoms with E-state index in [1.54, 1.807) is 12.5 Å². The van der Waals surface area contributed by atoms with Gasteiger partial charge in [0, 0.05) is 6.42 Å². The summed E-state index contributed by atoms with van der Waals surface area (Å²) in [6.07, 6.45) is 17.0. The van der Waals surface area contributed by atoms with Crippen LogP contribution in [0.2, 0.25) is 0 Å². The molecule has 0 bridgehead atoms. The summed E-state index contributed by atoms with van der Waals surface area (Å²) in [5, 5.41) is 10.9. The topological polar surface area (TPSA) is 37.3 Å². The number of Topliss-reactive ketones (excluding diaryl/α,β-unsaturated/α-hetero) is 1. The van der Waals surface area contributed by atoms with Crippen LogP contribution in [-0.2, 0) is 4.79 Å². The van der Waals surface area contributed by atoms with Crippen LogP contribution in [0.25, 0.3) is 0 Å². The number of allylic oxidation sites excluding steroid dienone is 5. The van der Waals surface area contributed by atoms with Crippen molar-refractivity contribution in [2.45, 2.75) is 99.0 Å². The minimum absolute atomic E-state index is 0.0705. The molecule has 0 aromatic rings. The summed E-state index contributed by atoms with van der Waals surface area (Å²) < 4.78 is 0. The van der Waals surface area contributed by atoms with Gasteiger partial charge >= 0.3 is 0 Å². The van der Waals surface area contributed by atoms with E-state index >= 15 is 0 Å². The van der Waals surface area contributed by atoms with Gasteiger partial charge in [-0.1, -0.05) is 77.0 Å². The largest absolute Gasteiger partial charge is 0.382 e. The zero-order chi connectivity index (χ0) is 23.5. The highest BCUT2D eigenvalue weighted by Gasteiger charge is 2.58. The quantitative estimate of drug-likeness (QED) is 0.458. The van der Waals surface area contributed by atoms with Gasteiger partial charge in [0.25, 0.3) is 0 Å². The zero-order valence-corrected chi connectivity index (χ0v) is 21.6. The third-order valence-electron chi connectivity index (χ3n) is 10.8. The van der Waals surface area contributed by atoms with Crippen molar-refractivity contribution in [1.82, 2.24) is 0 Å². The van der Waals surface area contributed by atoms with Crippen molar-refractivity contribution in [2.75, 3.05) is 0 Å². The zero-order valence-electron chi connectivity index (χ0n) is 21.6. The first-order valence-corrected chi connectivity index (χ1v) is 13.3. The summed E-state index contributed by atoms with van der Waals surface area (Å²) in [4.78, 5) is 12.1. The van der Waals surface area contributed by atoms with Gasteiger partial charge in [-0.2, -0.15) is 0 Å². The summed E-state index contributed by atoms with van der Waals surface area (Å²) in [5.41, 5.74) is 2.36. The van der Waals surface area contributed by atoms with Gasteiger partial charge in [0.1, 0.15) is 5.60 Å². The van der Waals surface area contributed by atoms with E-state index in [0.717, 1.165) is 12.3 Å². The third kappa shape index (κ3) is 3.69. The van der Waals surface area contributed by atoms with Gasteiger partial charge in [-0.25, -0.2) is 0 Å². The van der Waals surface area contributed by atoms with Gasteiger partial charge in [0.05, 0.1) is 0 Å². The fraction of sp³-hybridized carbons (Fsp3) is 0.767. The Morgan fingerprint density at radius 3 is 2.38 bits per heavy atom. The fourth-order valence-electron chi connectivity index (χ4n) is 7.90. The summed E-state index contributed by atoms with van der Waals surface area (Å²) in [7, 11) is 0. The Morgan fingerprint density at radius 1 is 1.00 bits per heavy atom. The molecule has 0 heterocycles. The van der Waals surface area contributed by atoms with E-state index in [2.05, 4.69) is 65.8 Å². The van der Waals surface area contributed by atoms with Crippen LogP contribution in [0.5, 0.6) is 0 Å². The molecule has 3 fully saturated rings. The van der Waals surface area contributed by atoms with Crippen molar-refractivity contribution in [1.29, 1.82) is 0 Å². The molecular formula is C30H46O2. The minimum Gasteiger partial charge on any atom is -0.382 e. The molecule has 0 aromatic carbocycles. The molecule has 1 N–H and O–H groups in total. The van der Waals surface area contributed by atoms with E-state index in [9.17, 15) is 9.90 Å². The molecule has 0 spiro atoms. The third-order valence-corrected chi connectivity index (χ3v) is 10.8. The van der Waals surface area contributed by atoms with Crippen molar-refractivity contribution in [2.24, 2.45) is 46.3 Å². The summed E-state index contributed by atoms with van der Waals surface area (Å²) >= 11 is 0. The maximum Gasteiger partial charge on any atom is 0.161 e. The van der Waals surface area contributed by atoms with Crippen LogP contribution >= 0.6 is 0 Å². The monoisotopic (exact) mass is 438 g/mol. The molecule has 0 saturated heterocycles. The van der Waals surface area contributed by atoms with Crippen LogP contribution in [-0.4, -0.2) is 16.5 Å². The van der Waals surface area contributed by atoms with Gasteiger partial charge in [-0.05, 0) is 91.8 Å². The molecule has 2 nitrogen and oxygen atoms in total. The van der Waals surface area contributed by atoms with Gasteiger partial charge in [0.15, 0.2) is 5.78 Å². The molecule has 4 rings (SSSR count). The fourth-order valence-corrected chi connectivity index (χ4v) is 7.90. The Labute approximate surface area is 196 Å². The van der Waals surface area contributed by atoms with Crippen molar-refractivity contribution < 1.29 is 9.90 Å². The smallest absolute Gasteiger partial charge is 0.161 e. The highest BCUT2D eigenvalue weighted by molar-refractivity contribution is 5.85. The Morgan fingerprint density at radius 2 is 1.72 bits per heavy atom. The molecule has 0 amide bonds. The lowest BCUT2D eigenvalue weighted by Gasteiger charge is -2.56. The van der Waals surface area contributed by atoms with Crippen LogP contribution in [0.4, 0.5) is 0 Å². The average Bonchev–Trinajstić information content (AvgIpc) is 3.09. The summed E-state index contributed by atoms with van der Waals surface area (Å²) in [5.74, 6) is 3.94. The molecule has 0 aliphatic heterocycles. The lowest BCUT2D eigenvalue weighted by Crippen LogP contribution is -2.50. The first-order valence-electron chi connectivity index (χ1n) is 13.3. The molecule has 4 aliphatic carbocycles. The van der Waals surface area contributed by atoms with E-state index < -0.39 is 5.60 Å². The minimum atomic E-state index is -1.15. The molecular weight excluding hydrogens is 392 g/mol. The van der Waals surface area contributed by atoms with E-state index in [1.165, 1.54) is 31.3 Å². The Hall–Kier alpha value is -1.15. The molecule has 4 aliphatic rings. The highest BCUT2D eigenvalue weighted by atomic mass is 16.3. The second kappa shape index (κ2) is 8.26. The predicted molar refractivity (Wildman–Crippen MR) is 133 cm³/mol. The Kier molecular flexibility index (Phi) is 6.19. The van der Waals surface area contributed by atoms with Gasteiger partial charge in [0.2, 0.25) is 0 Å². The molecule has 0 radical (unpaired) electrons. The normalized spacial score (nSPS) is 43.2. The molecule has 32 heavy (non-hydrogen) atoms. The molecule has 8 atom stereocenters. The maximum atomic E-state index is 12.1. The number of carbonyl (C=O) groups excluding carboxylic acids is 1.